The molecular formula is C14H20BrNO2S. The Morgan fingerprint density at radius 3 is 2.53 bits per heavy atom. The maximum Gasteiger partial charge on any atom is 0.212 e. The van der Waals surface area contributed by atoms with Crippen molar-refractivity contribution in [1.82, 2.24) is 4.72 Å². The van der Waals surface area contributed by atoms with Gasteiger partial charge in [-0.05, 0) is 30.4 Å². The lowest BCUT2D eigenvalue weighted by Gasteiger charge is -2.21. The number of benzene rings is 1. The Morgan fingerprint density at radius 1 is 1.16 bits per heavy atom. The van der Waals surface area contributed by atoms with Gasteiger partial charge >= 0.3 is 0 Å². The van der Waals surface area contributed by atoms with Crippen molar-refractivity contribution in [2.45, 2.75) is 38.6 Å². The van der Waals surface area contributed by atoms with Gasteiger partial charge in [0.2, 0.25) is 10.0 Å². The molecule has 0 saturated heterocycles. The van der Waals surface area contributed by atoms with Crippen LogP contribution in [0.25, 0.3) is 0 Å². The van der Waals surface area contributed by atoms with Crippen LogP contribution >= 0.6 is 15.9 Å². The van der Waals surface area contributed by atoms with Crippen LogP contribution in [0.1, 0.15) is 37.7 Å². The molecule has 0 radical (unpaired) electrons. The fraction of sp³-hybridized carbons (Fsp3) is 0.571. The second-order valence-electron chi connectivity index (χ2n) is 5.20. The topological polar surface area (TPSA) is 46.2 Å². The molecule has 0 aliphatic heterocycles. The molecule has 106 valence electrons. The van der Waals surface area contributed by atoms with Gasteiger partial charge in [-0.3, -0.25) is 0 Å². The van der Waals surface area contributed by atoms with Crippen molar-refractivity contribution >= 4 is 26.0 Å². The van der Waals surface area contributed by atoms with Crippen molar-refractivity contribution in [3.63, 3.8) is 0 Å². The van der Waals surface area contributed by atoms with E-state index >= 15 is 0 Å². The van der Waals surface area contributed by atoms with Gasteiger partial charge in [-0.15, -0.1) is 0 Å². The first-order valence-corrected chi connectivity index (χ1v) is 9.22. The minimum atomic E-state index is -3.17. The summed E-state index contributed by atoms with van der Waals surface area (Å²) in [6.45, 7) is 0.358. The highest BCUT2D eigenvalue weighted by Gasteiger charge is 2.21. The van der Waals surface area contributed by atoms with Gasteiger partial charge in [0.05, 0.1) is 5.75 Å². The number of halogens is 1. The molecule has 1 N–H and O–H groups in total. The minimum absolute atomic E-state index is 0.275. The molecule has 0 amide bonds. The lowest BCUT2D eigenvalue weighted by Crippen LogP contribution is -2.30. The summed E-state index contributed by atoms with van der Waals surface area (Å²) in [7, 11) is -3.17. The van der Waals surface area contributed by atoms with Crippen LogP contribution in [-0.2, 0) is 16.6 Å². The van der Waals surface area contributed by atoms with E-state index in [0.29, 0.717) is 12.5 Å². The normalized spacial score (nSPS) is 17.5. The average molecular weight is 346 g/mol. The number of nitrogens with one attached hydrogen (secondary N) is 1. The van der Waals surface area contributed by atoms with E-state index in [1.165, 1.54) is 19.3 Å². The van der Waals surface area contributed by atoms with Crippen molar-refractivity contribution in [3.05, 3.63) is 34.3 Å². The molecule has 1 aromatic rings. The second kappa shape index (κ2) is 6.86. The highest BCUT2D eigenvalue weighted by Crippen LogP contribution is 2.24. The standard InChI is InChI=1S/C14H20BrNO2S/c15-14-9-5-4-8-13(14)10-16-19(17,18)11-12-6-2-1-3-7-12/h4-5,8-9,12,16H,1-3,6-7,10-11H2. The Kier molecular flexibility index (Phi) is 5.42. The monoisotopic (exact) mass is 345 g/mol. The molecule has 1 aliphatic rings. The fourth-order valence-corrected chi connectivity index (χ4v) is 4.42. The summed E-state index contributed by atoms with van der Waals surface area (Å²) in [5, 5.41) is 0. The third-order valence-electron chi connectivity index (χ3n) is 3.62. The molecule has 1 aliphatic carbocycles. The summed E-state index contributed by atoms with van der Waals surface area (Å²) < 4.78 is 27.8. The predicted octanol–water partition coefficient (Wildman–Crippen LogP) is 3.45. The van der Waals surface area contributed by atoms with Crippen LogP contribution in [0.4, 0.5) is 0 Å². The summed E-state index contributed by atoms with van der Waals surface area (Å²) in [5.74, 6) is 0.614. The van der Waals surface area contributed by atoms with E-state index in [-0.39, 0.29) is 5.75 Å². The van der Waals surface area contributed by atoms with Crippen molar-refractivity contribution in [2.24, 2.45) is 5.92 Å². The van der Waals surface area contributed by atoms with E-state index in [9.17, 15) is 8.42 Å². The first-order valence-electron chi connectivity index (χ1n) is 6.77. The Hall–Kier alpha value is -0.390. The maximum absolute atomic E-state index is 12.1. The van der Waals surface area contributed by atoms with Crippen LogP contribution < -0.4 is 4.72 Å². The van der Waals surface area contributed by atoms with E-state index in [0.717, 1.165) is 22.9 Å². The smallest absolute Gasteiger partial charge is 0.212 e. The van der Waals surface area contributed by atoms with Crippen molar-refractivity contribution < 1.29 is 8.42 Å². The van der Waals surface area contributed by atoms with Crippen LogP contribution in [0.2, 0.25) is 0 Å². The molecule has 0 aromatic heterocycles. The molecule has 1 aromatic carbocycles. The summed E-state index contributed by atoms with van der Waals surface area (Å²) in [6.07, 6.45) is 5.70. The van der Waals surface area contributed by atoms with Gasteiger partial charge in [0.25, 0.3) is 0 Å². The van der Waals surface area contributed by atoms with E-state index in [4.69, 9.17) is 0 Å². The van der Waals surface area contributed by atoms with Gasteiger partial charge < -0.3 is 0 Å². The Labute approximate surface area is 124 Å². The van der Waals surface area contributed by atoms with Crippen molar-refractivity contribution in [2.75, 3.05) is 5.75 Å². The zero-order valence-electron chi connectivity index (χ0n) is 10.9. The molecule has 0 spiro atoms. The number of hydrogen-bond donors (Lipinski definition) is 1. The van der Waals surface area contributed by atoms with Crippen LogP contribution in [0.15, 0.2) is 28.7 Å². The van der Waals surface area contributed by atoms with E-state index in [1.807, 2.05) is 24.3 Å². The molecule has 19 heavy (non-hydrogen) atoms. The highest BCUT2D eigenvalue weighted by molar-refractivity contribution is 9.10. The van der Waals surface area contributed by atoms with Crippen LogP contribution in [0.5, 0.6) is 0 Å². The van der Waals surface area contributed by atoms with E-state index in [1.54, 1.807) is 0 Å². The Balaban J connectivity index is 1.88. The third-order valence-corrected chi connectivity index (χ3v) is 5.89. The molecule has 0 heterocycles. The Morgan fingerprint density at radius 2 is 1.84 bits per heavy atom. The first-order chi connectivity index (χ1) is 9.07. The van der Waals surface area contributed by atoms with Gasteiger partial charge in [-0.25, -0.2) is 13.1 Å². The summed E-state index contributed by atoms with van der Waals surface area (Å²) in [6, 6.07) is 7.68. The predicted molar refractivity (Wildman–Crippen MR) is 81.3 cm³/mol. The van der Waals surface area contributed by atoms with E-state index < -0.39 is 10.0 Å². The molecule has 2 rings (SSSR count). The molecule has 0 unspecified atom stereocenters. The number of hydrogen-bond acceptors (Lipinski definition) is 2. The summed E-state index contributed by atoms with van der Waals surface area (Å²) in [4.78, 5) is 0. The van der Waals surface area contributed by atoms with Gasteiger partial charge in [0, 0.05) is 11.0 Å². The lowest BCUT2D eigenvalue weighted by atomic mass is 9.91. The molecule has 5 heteroatoms. The summed E-state index contributed by atoms with van der Waals surface area (Å²) in [5.41, 5.74) is 0.967. The van der Waals surface area contributed by atoms with Gasteiger partial charge in [-0.2, -0.15) is 0 Å². The van der Waals surface area contributed by atoms with Crippen molar-refractivity contribution in [3.8, 4) is 0 Å². The first kappa shape index (κ1) is 15.0. The minimum Gasteiger partial charge on any atom is -0.212 e. The zero-order valence-corrected chi connectivity index (χ0v) is 13.3. The number of sulfonamides is 1. The highest BCUT2D eigenvalue weighted by atomic mass is 79.9. The van der Waals surface area contributed by atoms with Crippen LogP contribution in [0, 0.1) is 5.92 Å². The van der Waals surface area contributed by atoms with Gasteiger partial charge in [0.15, 0.2) is 0 Å². The van der Waals surface area contributed by atoms with Crippen LogP contribution in [-0.4, -0.2) is 14.2 Å². The fourth-order valence-electron chi connectivity index (χ4n) is 2.55. The molecule has 0 atom stereocenters. The SMILES string of the molecule is O=S(=O)(CC1CCCCC1)NCc1ccccc1Br. The van der Waals surface area contributed by atoms with Gasteiger partial charge in [-0.1, -0.05) is 53.4 Å². The molecule has 1 saturated carbocycles. The zero-order chi connectivity index (χ0) is 13.7. The molecular weight excluding hydrogens is 326 g/mol. The largest absolute Gasteiger partial charge is 0.212 e. The van der Waals surface area contributed by atoms with Crippen LogP contribution in [0.3, 0.4) is 0 Å². The quantitative estimate of drug-likeness (QED) is 0.888. The maximum atomic E-state index is 12.1. The van der Waals surface area contributed by atoms with Gasteiger partial charge in [0.1, 0.15) is 0 Å². The van der Waals surface area contributed by atoms with E-state index in [2.05, 4.69) is 20.7 Å². The average Bonchev–Trinajstić information content (AvgIpc) is 2.38. The molecule has 3 nitrogen and oxygen atoms in total. The molecule has 1 fully saturated rings. The van der Waals surface area contributed by atoms with Crippen molar-refractivity contribution in [1.29, 1.82) is 0 Å². The lowest BCUT2D eigenvalue weighted by molar-refractivity contribution is 0.384. The summed E-state index contributed by atoms with van der Waals surface area (Å²) >= 11 is 3.43. The third kappa shape index (κ3) is 4.89. The Bertz CT molecular complexity index is 510. The number of rotatable bonds is 5. The second-order valence-corrected chi connectivity index (χ2v) is 7.90. The molecule has 0 bridgehead atoms.